The Balaban J connectivity index is 2.20. The minimum atomic E-state index is -1.12. The van der Waals surface area contributed by atoms with Crippen molar-refractivity contribution in [1.29, 1.82) is 0 Å². The van der Waals surface area contributed by atoms with E-state index in [9.17, 15) is 18.7 Å². The van der Waals surface area contributed by atoms with Crippen molar-refractivity contribution in [3.63, 3.8) is 0 Å². The summed E-state index contributed by atoms with van der Waals surface area (Å²) in [6, 6.07) is 7.73. The molecular weight excluding hydrogens is 308 g/mol. The van der Waals surface area contributed by atoms with Gasteiger partial charge in [0.15, 0.2) is 0 Å². The maximum absolute atomic E-state index is 13.9. The third-order valence-electron chi connectivity index (χ3n) is 3.14. The maximum Gasteiger partial charge on any atom is 0.335 e. The maximum atomic E-state index is 13.9. The van der Waals surface area contributed by atoms with Crippen molar-refractivity contribution < 1.29 is 18.7 Å². The largest absolute Gasteiger partial charge is 0.478 e. The van der Waals surface area contributed by atoms with Crippen molar-refractivity contribution in [1.82, 2.24) is 4.98 Å². The highest BCUT2D eigenvalue weighted by Crippen LogP contribution is 2.31. The minimum absolute atomic E-state index is 0.0321. The smallest absolute Gasteiger partial charge is 0.335 e. The predicted octanol–water partition coefficient (Wildman–Crippen LogP) is 4.45. The van der Waals surface area contributed by atoms with Crippen molar-refractivity contribution in [3.8, 4) is 21.6 Å². The van der Waals surface area contributed by atoms with Gasteiger partial charge in [0.2, 0.25) is 0 Å². The van der Waals surface area contributed by atoms with E-state index in [1.165, 1.54) is 29.5 Å². The van der Waals surface area contributed by atoms with Crippen LogP contribution < -0.4 is 0 Å². The van der Waals surface area contributed by atoms with Gasteiger partial charge >= 0.3 is 5.97 Å². The van der Waals surface area contributed by atoms with Gasteiger partial charge in [0.25, 0.3) is 0 Å². The van der Waals surface area contributed by atoms with Crippen LogP contribution in [0.3, 0.4) is 0 Å². The lowest BCUT2D eigenvalue weighted by Gasteiger charge is -2.08. The number of carboxylic acid groups (broad SMARTS) is 1. The highest BCUT2D eigenvalue weighted by atomic mass is 32.1. The number of nitrogens with zero attached hydrogens (tertiary/aromatic N) is 1. The quantitative estimate of drug-likeness (QED) is 0.776. The summed E-state index contributed by atoms with van der Waals surface area (Å²) < 4.78 is 27.0. The number of hydrogen-bond donors (Lipinski definition) is 1. The van der Waals surface area contributed by atoms with Crippen LogP contribution in [0.2, 0.25) is 0 Å². The standard InChI is InChI=1S/C16H9F2NO2S/c17-12-1-2-13(14(18)6-12)9-3-10(15-7-19-8-22-15)5-11(4-9)16(20)21/h1-8H,(H,20,21). The van der Waals surface area contributed by atoms with Crippen LogP contribution in [0, 0.1) is 11.6 Å². The molecule has 0 aliphatic carbocycles. The molecule has 1 N–H and O–H groups in total. The number of carboxylic acids is 1. The molecule has 0 unspecified atom stereocenters. The molecule has 3 aromatic rings. The van der Waals surface area contributed by atoms with Crippen LogP contribution in [0.4, 0.5) is 8.78 Å². The van der Waals surface area contributed by atoms with Crippen molar-refractivity contribution >= 4 is 17.3 Å². The summed E-state index contributed by atoms with van der Waals surface area (Å²) >= 11 is 1.35. The lowest BCUT2D eigenvalue weighted by atomic mass is 9.99. The first-order valence-electron chi connectivity index (χ1n) is 6.27. The van der Waals surface area contributed by atoms with Crippen LogP contribution in [0.25, 0.3) is 21.6 Å². The number of thiazole rings is 1. The summed E-state index contributed by atoms with van der Waals surface area (Å²) in [6.07, 6.45) is 1.61. The number of aromatic nitrogens is 1. The van der Waals surface area contributed by atoms with Crippen molar-refractivity contribution in [2.24, 2.45) is 0 Å². The second-order valence-corrected chi connectivity index (χ2v) is 5.48. The first-order valence-corrected chi connectivity index (χ1v) is 7.15. The van der Waals surface area contributed by atoms with Gasteiger partial charge in [-0.1, -0.05) is 0 Å². The zero-order valence-corrected chi connectivity index (χ0v) is 11.9. The summed E-state index contributed by atoms with van der Waals surface area (Å²) in [7, 11) is 0. The van der Waals surface area contributed by atoms with E-state index in [0.29, 0.717) is 11.1 Å². The van der Waals surface area contributed by atoms with E-state index in [2.05, 4.69) is 4.98 Å². The normalized spacial score (nSPS) is 10.6. The van der Waals surface area contributed by atoms with E-state index in [1.54, 1.807) is 17.8 Å². The van der Waals surface area contributed by atoms with Crippen LogP contribution in [0.1, 0.15) is 10.4 Å². The molecule has 1 aromatic heterocycles. The minimum Gasteiger partial charge on any atom is -0.478 e. The van der Waals surface area contributed by atoms with Gasteiger partial charge < -0.3 is 5.11 Å². The fourth-order valence-electron chi connectivity index (χ4n) is 2.13. The van der Waals surface area contributed by atoms with Gasteiger partial charge in [-0.05, 0) is 41.5 Å². The second-order valence-electron chi connectivity index (χ2n) is 4.59. The van der Waals surface area contributed by atoms with Gasteiger partial charge in [0.1, 0.15) is 11.6 Å². The molecule has 0 saturated carbocycles. The highest BCUT2D eigenvalue weighted by molar-refractivity contribution is 7.13. The van der Waals surface area contributed by atoms with E-state index < -0.39 is 17.6 Å². The van der Waals surface area contributed by atoms with Crippen LogP contribution in [-0.4, -0.2) is 16.1 Å². The molecule has 110 valence electrons. The molecular formula is C16H9F2NO2S. The summed E-state index contributed by atoms with van der Waals surface area (Å²) in [5, 5.41) is 9.23. The number of rotatable bonds is 3. The first-order chi connectivity index (χ1) is 10.5. The molecule has 3 rings (SSSR count). The van der Waals surface area contributed by atoms with E-state index in [4.69, 9.17) is 0 Å². The Kier molecular flexibility index (Phi) is 3.68. The van der Waals surface area contributed by atoms with Crippen LogP contribution in [0.15, 0.2) is 48.1 Å². The summed E-state index contributed by atoms with van der Waals surface area (Å²) in [6.45, 7) is 0. The lowest BCUT2D eigenvalue weighted by Crippen LogP contribution is -1.98. The van der Waals surface area contributed by atoms with Gasteiger partial charge in [0.05, 0.1) is 16.0 Å². The van der Waals surface area contributed by atoms with Crippen molar-refractivity contribution in [3.05, 3.63) is 65.3 Å². The second kappa shape index (κ2) is 5.65. The number of carbonyl (C=O) groups is 1. The van der Waals surface area contributed by atoms with Crippen LogP contribution in [-0.2, 0) is 0 Å². The van der Waals surface area contributed by atoms with Gasteiger partial charge in [0, 0.05) is 17.8 Å². The molecule has 3 nitrogen and oxygen atoms in total. The molecule has 22 heavy (non-hydrogen) atoms. The topological polar surface area (TPSA) is 50.2 Å². The number of halogens is 2. The van der Waals surface area contributed by atoms with E-state index in [0.717, 1.165) is 17.0 Å². The van der Waals surface area contributed by atoms with Crippen molar-refractivity contribution in [2.75, 3.05) is 0 Å². The first kappa shape index (κ1) is 14.3. The number of aromatic carboxylic acids is 1. The Morgan fingerprint density at radius 3 is 2.50 bits per heavy atom. The molecule has 0 atom stereocenters. The number of benzene rings is 2. The molecule has 0 aliphatic heterocycles. The molecule has 0 amide bonds. The van der Waals surface area contributed by atoms with Gasteiger partial charge in [-0.25, -0.2) is 13.6 Å². The fourth-order valence-corrected chi connectivity index (χ4v) is 2.74. The lowest BCUT2D eigenvalue weighted by molar-refractivity contribution is 0.0697. The Bertz CT molecular complexity index is 847. The third kappa shape index (κ3) is 2.73. The average Bonchev–Trinajstić information content (AvgIpc) is 3.01. The van der Waals surface area contributed by atoms with Gasteiger partial charge in [-0.3, -0.25) is 4.98 Å². The Labute approximate surface area is 128 Å². The van der Waals surface area contributed by atoms with E-state index >= 15 is 0 Å². The van der Waals surface area contributed by atoms with Gasteiger partial charge in [-0.2, -0.15) is 0 Å². The third-order valence-corrected chi connectivity index (χ3v) is 3.96. The highest BCUT2D eigenvalue weighted by Gasteiger charge is 2.13. The molecule has 1 heterocycles. The summed E-state index contributed by atoms with van der Waals surface area (Å²) in [4.78, 5) is 16.0. The monoisotopic (exact) mass is 317 g/mol. The van der Waals surface area contributed by atoms with Crippen LogP contribution in [0.5, 0.6) is 0 Å². The van der Waals surface area contributed by atoms with Crippen LogP contribution >= 0.6 is 11.3 Å². The zero-order valence-electron chi connectivity index (χ0n) is 11.1. The summed E-state index contributed by atoms with van der Waals surface area (Å²) in [5.41, 5.74) is 2.81. The molecule has 6 heteroatoms. The molecule has 0 saturated heterocycles. The van der Waals surface area contributed by atoms with Gasteiger partial charge in [-0.15, -0.1) is 11.3 Å². The SMILES string of the molecule is O=C(O)c1cc(-c2cncs2)cc(-c2ccc(F)cc2F)c1. The molecule has 0 spiro atoms. The molecule has 0 bridgehead atoms. The summed E-state index contributed by atoms with van der Waals surface area (Å²) in [5.74, 6) is -2.54. The van der Waals surface area contributed by atoms with E-state index in [1.807, 2.05) is 0 Å². The number of hydrogen-bond acceptors (Lipinski definition) is 3. The average molecular weight is 317 g/mol. The molecule has 0 fully saturated rings. The molecule has 2 aromatic carbocycles. The zero-order chi connectivity index (χ0) is 15.7. The fraction of sp³-hybridized carbons (Fsp3) is 0. The van der Waals surface area contributed by atoms with E-state index in [-0.39, 0.29) is 11.1 Å². The van der Waals surface area contributed by atoms with Crippen molar-refractivity contribution in [2.45, 2.75) is 0 Å². The predicted molar refractivity (Wildman–Crippen MR) is 79.9 cm³/mol. The molecule has 0 aliphatic rings. The Hall–Kier alpha value is -2.60. The Morgan fingerprint density at radius 2 is 1.86 bits per heavy atom. The Morgan fingerprint density at radius 1 is 1.09 bits per heavy atom. The molecule has 0 radical (unpaired) electrons.